The van der Waals surface area contributed by atoms with Crippen molar-refractivity contribution in [1.29, 1.82) is 5.26 Å². The summed E-state index contributed by atoms with van der Waals surface area (Å²) in [5.74, 6) is -1.32. The van der Waals surface area contributed by atoms with E-state index in [0.29, 0.717) is 35.5 Å². The average molecular weight is 613 g/mol. The van der Waals surface area contributed by atoms with Crippen molar-refractivity contribution >= 4 is 11.7 Å². The van der Waals surface area contributed by atoms with Gasteiger partial charge in [-0.3, -0.25) is 9.88 Å². The summed E-state index contributed by atoms with van der Waals surface area (Å²) in [5.41, 5.74) is 8.00. The number of piperidine rings is 1. The molecule has 0 radical (unpaired) electrons. The van der Waals surface area contributed by atoms with Gasteiger partial charge >= 0.3 is 5.97 Å². The molecule has 1 fully saturated rings. The lowest BCUT2D eigenvalue weighted by atomic mass is 9.81. The van der Waals surface area contributed by atoms with Crippen LogP contribution in [0, 0.1) is 36.4 Å². The summed E-state index contributed by atoms with van der Waals surface area (Å²) in [7, 11) is 0. The molecular weight excluding hydrogens is 567 g/mol. The summed E-state index contributed by atoms with van der Waals surface area (Å²) in [6, 6.07) is 13.1. The van der Waals surface area contributed by atoms with E-state index in [1.165, 1.54) is 23.3 Å². The zero-order chi connectivity index (χ0) is 32.7. The van der Waals surface area contributed by atoms with Gasteiger partial charge in [-0.25, -0.2) is 9.18 Å². The maximum atomic E-state index is 14.5. The molecule has 5 rings (SSSR count). The highest BCUT2D eigenvalue weighted by molar-refractivity contribution is 5.88. The van der Waals surface area contributed by atoms with Gasteiger partial charge in [-0.05, 0) is 94.2 Å². The van der Waals surface area contributed by atoms with Crippen LogP contribution in [0.5, 0.6) is 0 Å². The van der Waals surface area contributed by atoms with Gasteiger partial charge in [0.1, 0.15) is 5.82 Å². The predicted octanol–water partition coefficient (Wildman–Crippen LogP) is 7.50. The van der Waals surface area contributed by atoms with Crippen molar-refractivity contribution in [3.05, 3.63) is 81.4 Å². The normalized spacial score (nSPS) is 17.4. The number of carboxylic acids is 1. The molecule has 2 aromatic carbocycles. The van der Waals surface area contributed by atoms with Crippen LogP contribution in [0.15, 0.2) is 36.4 Å². The van der Waals surface area contributed by atoms with E-state index in [4.69, 9.17) is 9.72 Å². The Kier molecular flexibility index (Phi) is 9.08. The number of benzene rings is 2. The molecular formula is C37H45FN4O3. The van der Waals surface area contributed by atoms with Crippen molar-refractivity contribution in [2.75, 3.05) is 24.5 Å². The Morgan fingerprint density at radius 3 is 2.44 bits per heavy atom. The van der Waals surface area contributed by atoms with Crippen molar-refractivity contribution in [1.82, 2.24) is 9.88 Å². The lowest BCUT2D eigenvalue weighted by Crippen LogP contribution is -2.39. The first-order valence-electron chi connectivity index (χ1n) is 15.9. The molecule has 0 unspecified atom stereocenters. The number of ether oxygens (including phenoxy) is 1. The summed E-state index contributed by atoms with van der Waals surface area (Å²) in [6.45, 7) is 17.6. The Labute approximate surface area is 266 Å². The minimum absolute atomic E-state index is 0.221. The van der Waals surface area contributed by atoms with Crippen molar-refractivity contribution < 1.29 is 19.0 Å². The fourth-order valence-electron chi connectivity index (χ4n) is 6.66. The Hall–Kier alpha value is -3.80. The number of rotatable bonds is 7. The number of nitriles is 1. The molecule has 1 N–H and O–H groups in total. The second-order valence-electron chi connectivity index (χ2n) is 14.4. The first-order valence-corrected chi connectivity index (χ1v) is 15.9. The molecule has 3 aromatic rings. The van der Waals surface area contributed by atoms with Gasteiger partial charge in [0.2, 0.25) is 0 Å². The number of hydrogen-bond donors (Lipinski definition) is 1. The lowest BCUT2D eigenvalue weighted by Gasteiger charge is -2.41. The number of fused-ring (bicyclic) bond motifs is 1. The number of nitrogens with zero attached hydrogens (tertiary/aromatic N) is 4. The van der Waals surface area contributed by atoms with Gasteiger partial charge in [0.25, 0.3) is 0 Å². The maximum absolute atomic E-state index is 14.5. The Balaban J connectivity index is 1.56. The molecule has 0 aliphatic carbocycles. The highest BCUT2D eigenvalue weighted by Gasteiger charge is 2.36. The Morgan fingerprint density at radius 1 is 1.09 bits per heavy atom. The molecule has 1 saturated heterocycles. The van der Waals surface area contributed by atoms with Crippen LogP contribution in [0.2, 0.25) is 0 Å². The van der Waals surface area contributed by atoms with Crippen LogP contribution >= 0.6 is 0 Å². The highest BCUT2D eigenvalue weighted by Crippen LogP contribution is 2.45. The van der Waals surface area contributed by atoms with E-state index >= 15 is 0 Å². The fourth-order valence-corrected chi connectivity index (χ4v) is 6.66. The number of aryl methyl sites for hydroxylation is 2. The molecule has 0 amide bonds. The molecule has 0 bridgehead atoms. The number of carboxylic acid groups (broad SMARTS) is 1. The van der Waals surface area contributed by atoms with Crippen LogP contribution in [0.3, 0.4) is 0 Å². The minimum Gasteiger partial charge on any atom is -0.479 e. The second-order valence-corrected chi connectivity index (χ2v) is 14.4. The molecule has 1 aromatic heterocycles. The van der Waals surface area contributed by atoms with Gasteiger partial charge in [-0.2, -0.15) is 5.26 Å². The summed E-state index contributed by atoms with van der Waals surface area (Å²) >= 11 is 0. The third kappa shape index (κ3) is 7.21. The second kappa shape index (κ2) is 12.5. The molecule has 7 nitrogen and oxygen atoms in total. The predicted molar refractivity (Wildman–Crippen MR) is 175 cm³/mol. The number of pyridine rings is 1. The minimum atomic E-state index is -1.16. The van der Waals surface area contributed by atoms with Crippen LogP contribution in [0.4, 0.5) is 10.1 Å². The standard InChI is InChI=1S/C37H45FN4O3/c1-23-31(27-9-10-28-21-41(15-12-26(28)19-27)22-29-18-25(20-39)8-11-30(29)38)33(42-16-13-37(6,7)14-17-42)32(24(2)40-23)34(35(43)44)45-36(3,4)5/h8-11,18-19,34H,12-17,21-22H2,1-7H3,(H,43,44)/t34-/m0/s1. The van der Waals surface area contributed by atoms with Gasteiger partial charge in [0.05, 0.1) is 22.9 Å². The number of aromatic nitrogens is 1. The molecule has 1 atom stereocenters. The molecule has 45 heavy (non-hydrogen) atoms. The van der Waals surface area contributed by atoms with Crippen molar-refractivity contribution in [3.63, 3.8) is 0 Å². The van der Waals surface area contributed by atoms with E-state index in [-0.39, 0.29) is 11.2 Å². The van der Waals surface area contributed by atoms with E-state index in [1.54, 1.807) is 6.07 Å². The molecule has 0 saturated carbocycles. The lowest BCUT2D eigenvalue weighted by molar-refractivity contribution is -0.160. The van der Waals surface area contributed by atoms with Crippen LogP contribution in [-0.2, 0) is 29.0 Å². The van der Waals surface area contributed by atoms with Crippen molar-refractivity contribution in [2.24, 2.45) is 5.41 Å². The molecule has 2 aliphatic heterocycles. The van der Waals surface area contributed by atoms with Crippen molar-refractivity contribution in [3.8, 4) is 17.2 Å². The zero-order valence-electron chi connectivity index (χ0n) is 27.6. The van der Waals surface area contributed by atoms with Gasteiger partial charge in [0.15, 0.2) is 6.10 Å². The number of hydrogen-bond acceptors (Lipinski definition) is 6. The third-order valence-corrected chi connectivity index (χ3v) is 9.13. The van der Waals surface area contributed by atoms with Crippen LogP contribution < -0.4 is 4.90 Å². The largest absolute Gasteiger partial charge is 0.479 e. The molecule has 238 valence electrons. The van der Waals surface area contributed by atoms with Crippen LogP contribution in [0.1, 0.15) is 92.8 Å². The molecule has 8 heteroatoms. The summed E-state index contributed by atoms with van der Waals surface area (Å²) in [4.78, 5) is 22.3. The van der Waals surface area contributed by atoms with Crippen molar-refractivity contribution in [2.45, 2.75) is 92.5 Å². The van der Waals surface area contributed by atoms with Gasteiger partial charge in [-0.1, -0.05) is 32.0 Å². The highest BCUT2D eigenvalue weighted by atomic mass is 19.1. The zero-order valence-corrected chi connectivity index (χ0v) is 27.6. The van der Waals surface area contributed by atoms with E-state index in [1.807, 2.05) is 34.6 Å². The van der Waals surface area contributed by atoms with E-state index in [2.05, 4.69) is 47.9 Å². The monoisotopic (exact) mass is 612 g/mol. The van der Waals surface area contributed by atoms with Gasteiger partial charge in [-0.15, -0.1) is 0 Å². The fraction of sp³-hybridized carbons (Fsp3) is 0.486. The number of carbonyl (C=O) groups is 1. The number of aliphatic carboxylic acids is 1. The van der Waals surface area contributed by atoms with E-state index in [0.717, 1.165) is 61.4 Å². The number of halogens is 1. The van der Waals surface area contributed by atoms with E-state index < -0.39 is 17.7 Å². The quantitative estimate of drug-likeness (QED) is 0.296. The smallest absolute Gasteiger partial charge is 0.337 e. The van der Waals surface area contributed by atoms with Crippen LogP contribution in [0.25, 0.3) is 11.1 Å². The van der Waals surface area contributed by atoms with Gasteiger partial charge < -0.3 is 14.7 Å². The summed E-state index contributed by atoms with van der Waals surface area (Å²) in [6.07, 6.45) is 1.64. The molecule has 0 spiro atoms. The average Bonchev–Trinajstić information content (AvgIpc) is 2.96. The first-order chi connectivity index (χ1) is 21.2. The van der Waals surface area contributed by atoms with E-state index in [9.17, 15) is 19.6 Å². The first kappa shape index (κ1) is 32.6. The Morgan fingerprint density at radius 2 is 1.80 bits per heavy atom. The third-order valence-electron chi connectivity index (χ3n) is 9.13. The molecule has 3 heterocycles. The number of anilines is 1. The maximum Gasteiger partial charge on any atom is 0.337 e. The summed E-state index contributed by atoms with van der Waals surface area (Å²) < 4.78 is 20.8. The SMILES string of the molecule is Cc1nc(C)c([C@H](OC(C)(C)C)C(=O)O)c(N2CCC(C)(C)CC2)c1-c1ccc2c(c1)CCN(Cc1cc(C#N)ccc1F)C2. The van der Waals surface area contributed by atoms with Crippen LogP contribution in [-0.4, -0.2) is 46.2 Å². The molecule has 2 aliphatic rings. The summed E-state index contributed by atoms with van der Waals surface area (Å²) in [5, 5.41) is 19.7. The Bertz CT molecular complexity index is 1640. The van der Waals surface area contributed by atoms with Gasteiger partial charge in [0, 0.05) is 60.8 Å². The topological polar surface area (TPSA) is 89.7 Å².